The Morgan fingerprint density at radius 3 is 2.48 bits per heavy atom. The number of para-hydroxylation sites is 1. The summed E-state index contributed by atoms with van der Waals surface area (Å²) in [6.07, 6.45) is 1.76. The van der Waals surface area contributed by atoms with Gasteiger partial charge in [0.1, 0.15) is 0 Å². The molecule has 2 aromatic carbocycles. The van der Waals surface area contributed by atoms with E-state index in [0.29, 0.717) is 10.6 Å². The molecular weight excluding hydrogens is 282 g/mol. The lowest BCUT2D eigenvalue weighted by molar-refractivity contribution is -0.113. The molecule has 0 atom stereocenters. The molecule has 0 aromatic heterocycles. The highest BCUT2D eigenvalue weighted by molar-refractivity contribution is 8.19. The number of carbonyl (C=O) groups is 2. The number of amides is 2. The van der Waals surface area contributed by atoms with Gasteiger partial charge < -0.3 is 0 Å². The zero-order chi connectivity index (χ0) is 14.8. The van der Waals surface area contributed by atoms with Gasteiger partial charge in [0.25, 0.3) is 11.1 Å². The van der Waals surface area contributed by atoms with Crippen molar-refractivity contribution >= 4 is 34.7 Å². The van der Waals surface area contributed by atoms with Crippen LogP contribution in [-0.2, 0) is 4.79 Å². The second-order valence-electron chi connectivity index (χ2n) is 4.77. The van der Waals surface area contributed by atoms with E-state index in [1.165, 1.54) is 4.90 Å². The average molecular weight is 295 g/mol. The summed E-state index contributed by atoms with van der Waals surface area (Å²) in [5.74, 6) is -0.266. The second-order valence-corrected chi connectivity index (χ2v) is 5.76. The predicted octanol–water partition coefficient (Wildman–Crippen LogP) is 4.24. The van der Waals surface area contributed by atoms with Gasteiger partial charge >= 0.3 is 0 Å². The maximum Gasteiger partial charge on any atom is 0.298 e. The smallest absolute Gasteiger partial charge is 0.268 e. The largest absolute Gasteiger partial charge is 0.298 e. The summed E-state index contributed by atoms with van der Waals surface area (Å²) in [5.41, 5.74) is 2.65. The van der Waals surface area contributed by atoms with Crippen molar-refractivity contribution < 1.29 is 9.59 Å². The summed E-state index contributed by atoms with van der Waals surface area (Å²) >= 11 is 0.976. The summed E-state index contributed by atoms with van der Waals surface area (Å²) in [6.45, 7) is 1.99. The molecule has 0 unspecified atom stereocenters. The van der Waals surface area contributed by atoms with Crippen molar-refractivity contribution in [3.8, 4) is 0 Å². The molecule has 1 aliphatic rings. The first-order valence-corrected chi connectivity index (χ1v) is 7.36. The number of carbonyl (C=O) groups excluding carboxylic acids is 2. The van der Waals surface area contributed by atoms with Crippen molar-refractivity contribution in [2.24, 2.45) is 0 Å². The molecule has 2 amide bonds. The number of imide groups is 1. The Labute approximate surface area is 127 Å². The fourth-order valence-electron chi connectivity index (χ4n) is 2.18. The van der Waals surface area contributed by atoms with Crippen molar-refractivity contribution in [2.75, 3.05) is 4.90 Å². The lowest BCUT2D eigenvalue weighted by atomic mass is 10.1. The van der Waals surface area contributed by atoms with E-state index in [1.54, 1.807) is 18.2 Å². The van der Waals surface area contributed by atoms with Gasteiger partial charge in [0.05, 0.1) is 10.6 Å². The molecule has 104 valence electrons. The number of aryl methyl sites for hydroxylation is 1. The highest BCUT2D eigenvalue weighted by Gasteiger charge is 2.36. The Hall–Kier alpha value is -2.33. The van der Waals surface area contributed by atoms with E-state index in [9.17, 15) is 9.59 Å². The number of nitrogens with zero attached hydrogens (tertiary/aromatic N) is 1. The topological polar surface area (TPSA) is 37.4 Å². The highest BCUT2D eigenvalue weighted by Crippen LogP contribution is 2.35. The third kappa shape index (κ3) is 2.76. The minimum atomic E-state index is -0.266. The monoisotopic (exact) mass is 295 g/mol. The number of hydrogen-bond acceptors (Lipinski definition) is 3. The second kappa shape index (κ2) is 5.58. The normalized spacial score (nSPS) is 16.8. The Kier molecular flexibility index (Phi) is 3.62. The molecule has 0 spiro atoms. The van der Waals surface area contributed by atoms with Crippen molar-refractivity contribution in [2.45, 2.75) is 6.92 Å². The van der Waals surface area contributed by atoms with Crippen LogP contribution >= 0.6 is 11.8 Å². The predicted molar refractivity (Wildman–Crippen MR) is 86.1 cm³/mol. The molecule has 3 nitrogen and oxygen atoms in total. The molecule has 4 heteroatoms. The van der Waals surface area contributed by atoms with Gasteiger partial charge in [-0.05, 0) is 42.5 Å². The van der Waals surface area contributed by atoms with E-state index in [2.05, 4.69) is 0 Å². The first-order chi connectivity index (χ1) is 10.1. The average Bonchev–Trinajstić information content (AvgIpc) is 2.74. The van der Waals surface area contributed by atoms with Crippen LogP contribution in [0.3, 0.4) is 0 Å². The van der Waals surface area contributed by atoms with E-state index in [4.69, 9.17) is 0 Å². The fourth-order valence-corrected chi connectivity index (χ4v) is 3.02. The van der Waals surface area contributed by atoms with E-state index >= 15 is 0 Å². The van der Waals surface area contributed by atoms with Gasteiger partial charge in [-0.3, -0.25) is 9.59 Å². The van der Waals surface area contributed by atoms with Crippen LogP contribution < -0.4 is 4.90 Å². The van der Waals surface area contributed by atoms with Gasteiger partial charge in [-0.1, -0.05) is 48.0 Å². The maximum absolute atomic E-state index is 12.4. The van der Waals surface area contributed by atoms with Gasteiger partial charge in [0.2, 0.25) is 0 Å². The summed E-state index contributed by atoms with van der Waals surface area (Å²) < 4.78 is 0. The Morgan fingerprint density at radius 1 is 1.00 bits per heavy atom. The highest BCUT2D eigenvalue weighted by atomic mass is 32.2. The lowest BCUT2D eigenvalue weighted by Crippen LogP contribution is -2.27. The van der Waals surface area contributed by atoms with Gasteiger partial charge in [0, 0.05) is 0 Å². The molecule has 1 fully saturated rings. The quantitative estimate of drug-likeness (QED) is 0.778. The number of anilines is 1. The molecule has 1 heterocycles. The molecule has 3 rings (SSSR count). The first kappa shape index (κ1) is 13.6. The van der Waals surface area contributed by atoms with Crippen LogP contribution in [0.4, 0.5) is 10.5 Å². The third-order valence-corrected chi connectivity index (χ3v) is 4.02. The molecule has 0 bridgehead atoms. The van der Waals surface area contributed by atoms with Crippen molar-refractivity contribution in [3.63, 3.8) is 0 Å². The lowest BCUT2D eigenvalue weighted by Gasteiger charge is -2.11. The summed E-state index contributed by atoms with van der Waals surface area (Å²) in [6, 6.07) is 16.8. The minimum Gasteiger partial charge on any atom is -0.268 e. The van der Waals surface area contributed by atoms with Gasteiger partial charge in [-0.25, -0.2) is 4.90 Å². The molecule has 0 radical (unpaired) electrons. The standard InChI is InChI=1S/C17H13NO2S/c1-12-6-5-7-13(10-12)11-15-16(19)18(17(20)21-15)14-8-3-2-4-9-14/h2-11H,1H3/b15-11+. The van der Waals surface area contributed by atoms with Crippen molar-refractivity contribution in [1.29, 1.82) is 0 Å². The Morgan fingerprint density at radius 2 is 1.76 bits per heavy atom. The number of hydrogen-bond donors (Lipinski definition) is 0. The number of benzene rings is 2. The summed E-state index contributed by atoms with van der Waals surface area (Å²) in [4.78, 5) is 26.2. The zero-order valence-electron chi connectivity index (χ0n) is 11.4. The van der Waals surface area contributed by atoms with Crippen LogP contribution in [-0.4, -0.2) is 11.1 Å². The minimum absolute atomic E-state index is 0.259. The van der Waals surface area contributed by atoms with E-state index in [1.807, 2.05) is 49.4 Å². The first-order valence-electron chi connectivity index (χ1n) is 6.55. The SMILES string of the molecule is Cc1cccc(/C=C2/SC(=O)N(c3ccccc3)C2=O)c1. The fraction of sp³-hybridized carbons (Fsp3) is 0.0588. The van der Waals surface area contributed by atoms with E-state index in [0.717, 1.165) is 22.9 Å². The van der Waals surface area contributed by atoms with Crippen LogP contribution in [0.2, 0.25) is 0 Å². The summed E-state index contributed by atoms with van der Waals surface area (Å²) in [7, 11) is 0. The van der Waals surface area contributed by atoms with Crippen LogP contribution in [0.15, 0.2) is 59.5 Å². The van der Waals surface area contributed by atoms with E-state index < -0.39 is 0 Å². The molecule has 0 saturated carbocycles. The van der Waals surface area contributed by atoms with Crippen LogP contribution in [0.5, 0.6) is 0 Å². The van der Waals surface area contributed by atoms with Crippen LogP contribution in [0, 0.1) is 6.92 Å². The number of rotatable bonds is 2. The van der Waals surface area contributed by atoms with Crippen LogP contribution in [0.1, 0.15) is 11.1 Å². The molecule has 1 saturated heterocycles. The number of thioether (sulfide) groups is 1. The third-order valence-electron chi connectivity index (χ3n) is 3.15. The molecule has 1 aliphatic heterocycles. The summed E-state index contributed by atoms with van der Waals surface area (Å²) in [5, 5.41) is -0.259. The molecule has 0 N–H and O–H groups in total. The molecule has 2 aromatic rings. The zero-order valence-corrected chi connectivity index (χ0v) is 12.3. The van der Waals surface area contributed by atoms with Crippen molar-refractivity contribution in [3.05, 3.63) is 70.6 Å². The van der Waals surface area contributed by atoms with Crippen LogP contribution in [0.25, 0.3) is 6.08 Å². The van der Waals surface area contributed by atoms with E-state index in [-0.39, 0.29) is 11.1 Å². The Balaban J connectivity index is 1.94. The van der Waals surface area contributed by atoms with Gasteiger partial charge in [-0.2, -0.15) is 0 Å². The molecule has 0 aliphatic carbocycles. The van der Waals surface area contributed by atoms with Gasteiger partial charge in [-0.15, -0.1) is 0 Å². The maximum atomic E-state index is 12.4. The molecule has 21 heavy (non-hydrogen) atoms. The Bertz CT molecular complexity index is 737. The van der Waals surface area contributed by atoms with Gasteiger partial charge in [0.15, 0.2) is 0 Å². The van der Waals surface area contributed by atoms with Crippen molar-refractivity contribution in [1.82, 2.24) is 0 Å². The molecular formula is C17H13NO2S.